The Balaban J connectivity index is 1.65. The number of carbonyl (C=O) groups is 1. The molecule has 4 rings (SSSR count). The highest BCUT2D eigenvalue weighted by Crippen LogP contribution is 2.32. The normalized spacial score (nSPS) is 11.7. The zero-order chi connectivity index (χ0) is 26.0. The van der Waals surface area contributed by atoms with Gasteiger partial charge in [-0.25, -0.2) is 13.4 Å². The molecule has 0 aliphatic heterocycles. The number of anilines is 2. The first-order chi connectivity index (χ1) is 17.1. The van der Waals surface area contributed by atoms with Crippen LogP contribution in [-0.2, 0) is 10.0 Å². The lowest BCUT2D eigenvalue weighted by atomic mass is 10.1. The van der Waals surface area contributed by atoms with Crippen molar-refractivity contribution in [2.75, 3.05) is 43.4 Å². The largest absolute Gasteiger partial charge is 0.308 e. The summed E-state index contributed by atoms with van der Waals surface area (Å²) in [5.41, 5.74) is 4.09. The maximum atomic E-state index is 13.6. The molecule has 0 N–H and O–H groups in total. The zero-order valence-corrected chi connectivity index (χ0v) is 22.7. The predicted octanol–water partition coefficient (Wildman–Crippen LogP) is 4.95. The molecule has 0 bridgehead atoms. The average molecular weight is 523 g/mol. The van der Waals surface area contributed by atoms with Gasteiger partial charge in [0.05, 0.1) is 20.8 Å². The van der Waals surface area contributed by atoms with Crippen molar-refractivity contribution in [2.24, 2.45) is 0 Å². The molecule has 0 radical (unpaired) electrons. The van der Waals surface area contributed by atoms with Crippen molar-refractivity contribution in [1.82, 2.24) is 9.88 Å². The number of amides is 1. The molecule has 1 amide bonds. The van der Waals surface area contributed by atoms with E-state index in [2.05, 4.69) is 12.1 Å². The number of hydrogen-bond acceptors (Lipinski definition) is 6. The topological polar surface area (TPSA) is 73.8 Å². The van der Waals surface area contributed by atoms with Crippen LogP contribution in [0.4, 0.5) is 10.8 Å². The molecule has 0 aliphatic carbocycles. The van der Waals surface area contributed by atoms with E-state index in [0.717, 1.165) is 21.3 Å². The van der Waals surface area contributed by atoms with Crippen LogP contribution in [0.25, 0.3) is 10.2 Å². The lowest BCUT2D eigenvalue weighted by Gasteiger charge is -2.22. The predicted molar refractivity (Wildman–Crippen MR) is 148 cm³/mol. The van der Waals surface area contributed by atoms with Crippen molar-refractivity contribution in [3.8, 4) is 0 Å². The Morgan fingerprint density at radius 1 is 0.917 bits per heavy atom. The van der Waals surface area contributed by atoms with Gasteiger partial charge in [0.25, 0.3) is 15.9 Å². The first kappa shape index (κ1) is 25.8. The molecule has 0 atom stereocenters. The maximum Gasteiger partial charge on any atom is 0.264 e. The van der Waals surface area contributed by atoms with Crippen molar-refractivity contribution in [3.05, 3.63) is 83.4 Å². The molecule has 1 heterocycles. The fourth-order valence-corrected chi connectivity index (χ4v) is 6.28. The van der Waals surface area contributed by atoms with E-state index in [-0.39, 0.29) is 10.8 Å². The fourth-order valence-electron chi connectivity index (χ4n) is 3.92. The van der Waals surface area contributed by atoms with Gasteiger partial charge in [-0.15, -0.1) is 0 Å². The van der Waals surface area contributed by atoms with Gasteiger partial charge in [-0.2, -0.15) is 0 Å². The minimum Gasteiger partial charge on any atom is -0.308 e. The number of para-hydroxylation sites is 1. The Hall–Kier alpha value is -3.27. The van der Waals surface area contributed by atoms with Gasteiger partial charge >= 0.3 is 0 Å². The first-order valence-electron chi connectivity index (χ1n) is 11.6. The highest BCUT2D eigenvalue weighted by atomic mass is 32.2. The van der Waals surface area contributed by atoms with Crippen LogP contribution in [0.2, 0.25) is 0 Å². The molecule has 7 nitrogen and oxygen atoms in total. The Morgan fingerprint density at radius 2 is 1.58 bits per heavy atom. The molecular formula is C27H30N4O3S2. The molecule has 9 heteroatoms. The van der Waals surface area contributed by atoms with Gasteiger partial charge < -0.3 is 4.90 Å². The van der Waals surface area contributed by atoms with Gasteiger partial charge in [0.15, 0.2) is 5.13 Å². The van der Waals surface area contributed by atoms with Gasteiger partial charge in [-0.05, 0) is 81.5 Å². The standard InChI is InChI=1S/C27H30N4O3S2/c1-19-17-20(2)25-24(18-19)35-27(28-25)31(16-15-29(3)4)26(32)21-11-13-23(14-12-21)36(33,34)30(5)22-9-7-6-8-10-22/h6-14,17-18H,15-16H2,1-5H3. The van der Waals surface area contributed by atoms with Crippen LogP contribution >= 0.6 is 11.3 Å². The molecule has 0 saturated heterocycles. The van der Waals surface area contributed by atoms with E-state index < -0.39 is 10.0 Å². The number of thiazole rings is 1. The SMILES string of the molecule is Cc1cc(C)c2nc(N(CCN(C)C)C(=O)c3ccc(S(=O)(=O)N(C)c4ccccc4)cc3)sc2c1. The molecular weight excluding hydrogens is 492 g/mol. The smallest absolute Gasteiger partial charge is 0.264 e. The average Bonchev–Trinajstić information content (AvgIpc) is 3.28. The number of likely N-dealkylation sites (N-methyl/N-ethyl adjacent to an activating group) is 1. The summed E-state index contributed by atoms with van der Waals surface area (Å²) in [5.74, 6) is -0.217. The lowest BCUT2D eigenvalue weighted by molar-refractivity contribution is 0.0985. The fraction of sp³-hybridized carbons (Fsp3) is 0.259. The molecule has 0 saturated carbocycles. The van der Waals surface area contributed by atoms with E-state index >= 15 is 0 Å². The van der Waals surface area contributed by atoms with Crippen molar-refractivity contribution >= 4 is 48.3 Å². The summed E-state index contributed by atoms with van der Waals surface area (Å²) >= 11 is 1.49. The Labute approximate surface area is 216 Å². The number of benzene rings is 3. The summed E-state index contributed by atoms with van der Waals surface area (Å²) in [6.45, 7) is 5.19. The minimum atomic E-state index is -3.76. The quantitative estimate of drug-likeness (QED) is 0.328. The third-order valence-corrected chi connectivity index (χ3v) is 8.77. The van der Waals surface area contributed by atoms with Crippen LogP contribution in [0.5, 0.6) is 0 Å². The number of nitrogens with zero attached hydrogens (tertiary/aromatic N) is 4. The van der Waals surface area contributed by atoms with Crippen LogP contribution in [-0.4, -0.2) is 58.4 Å². The van der Waals surface area contributed by atoms with E-state index in [4.69, 9.17) is 4.98 Å². The number of aryl methyl sites for hydroxylation is 2. The zero-order valence-electron chi connectivity index (χ0n) is 21.1. The van der Waals surface area contributed by atoms with E-state index in [9.17, 15) is 13.2 Å². The molecule has 0 unspecified atom stereocenters. The van der Waals surface area contributed by atoms with E-state index in [1.165, 1.54) is 34.8 Å². The summed E-state index contributed by atoms with van der Waals surface area (Å²) in [6, 6.07) is 19.2. The Morgan fingerprint density at radius 3 is 2.22 bits per heavy atom. The van der Waals surface area contributed by atoms with Gasteiger partial charge in [0.1, 0.15) is 0 Å². The third-order valence-electron chi connectivity index (χ3n) is 5.94. The van der Waals surface area contributed by atoms with Crippen LogP contribution < -0.4 is 9.21 Å². The summed E-state index contributed by atoms with van der Waals surface area (Å²) in [5, 5.41) is 0.631. The van der Waals surface area contributed by atoms with E-state index in [0.29, 0.717) is 29.5 Å². The lowest BCUT2D eigenvalue weighted by Crippen LogP contribution is -2.36. The number of fused-ring (bicyclic) bond motifs is 1. The molecule has 4 aromatic rings. The van der Waals surface area contributed by atoms with Gasteiger partial charge in [-0.3, -0.25) is 14.0 Å². The molecule has 3 aromatic carbocycles. The molecule has 0 spiro atoms. The molecule has 36 heavy (non-hydrogen) atoms. The maximum absolute atomic E-state index is 13.6. The molecule has 0 aliphatic rings. The number of aromatic nitrogens is 1. The monoisotopic (exact) mass is 522 g/mol. The van der Waals surface area contributed by atoms with Crippen LogP contribution in [0.3, 0.4) is 0 Å². The summed E-state index contributed by atoms with van der Waals surface area (Å²) in [4.78, 5) is 22.2. The number of hydrogen-bond donors (Lipinski definition) is 0. The van der Waals surface area contributed by atoms with Crippen molar-refractivity contribution < 1.29 is 13.2 Å². The number of rotatable bonds is 8. The summed E-state index contributed by atoms with van der Waals surface area (Å²) in [7, 11) is 1.67. The van der Waals surface area contributed by atoms with Crippen LogP contribution in [0.15, 0.2) is 71.6 Å². The van der Waals surface area contributed by atoms with Crippen molar-refractivity contribution in [1.29, 1.82) is 0 Å². The second kappa shape index (κ2) is 10.4. The number of carbonyl (C=O) groups excluding carboxylic acids is 1. The minimum absolute atomic E-state index is 0.122. The van der Waals surface area contributed by atoms with Crippen molar-refractivity contribution in [3.63, 3.8) is 0 Å². The second-order valence-corrected chi connectivity index (χ2v) is 12.0. The van der Waals surface area contributed by atoms with Gasteiger partial charge in [0.2, 0.25) is 0 Å². The van der Waals surface area contributed by atoms with Gasteiger partial charge in [0, 0.05) is 25.7 Å². The van der Waals surface area contributed by atoms with Crippen LogP contribution in [0.1, 0.15) is 21.5 Å². The highest BCUT2D eigenvalue weighted by Gasteiger charge is 2.25. The van der Waals surface area contributed by atoms with E-state index in [1.54, 1.807) is 41.3 Å². The number of sulfonamides is 1. The molecule has 0 fully saturated rings. The first-order valence-corrected chi connectivity index (χ1v) is 13.8. The summed E-state index contributed by atoms with van der Waals surface area (Å²) < 4.78 is 28.5. The van der Waals surface area contributed by atoms with Crippen molar-refractivity contribution in [2.45, 2.75) is 18.7 Å². The Bertz CT molecular complexity index is 1480. The van der Waals surface area contributed by atoms with E-state index in [1.807, 2.05) is 38.9 Å². The molecule has 188 valence electrons. The van der Waals surface area contributed by atoms with Crippen LogP contribution in [0, 0.1) is 13.8 Å². The third kappa shape index (κ3) is 5.28. The second-order valence-electron chi connectivity index (χ2n) is 9.02. The van der Waals surface area contributed by atoms with Gasteiger partial charge in [-0.1, -0.05) is 35.6 Å². The Kier molecular flexibility index (Phi) is 7.44. The molecule has 1 aromatic heterocycles. The highest BCUT2D eigenvalue weighted by molar-refractivity contribution is 7.92. The summed E-state index contributed by atoms with van der Waals surface area (Å²) in [6.07, 6.45) is 0.